The van der Waals surface area contributed by atoms with E-state index >= 15 is 0 Å². The lowest BCUT2D eigenvalue weighted by atomic mass is 9.75. The molecule has 242 valence electrons. The number of rotatable bonds is 9. The van der Waals surface area contributed by atoms with Gasteiger partial charge in [0, 0.05) is 35.3 Å². The van der Waals surface area contributed by atoms with Crippen LogP contribution in [0.5, 0.6) is 5.75 Å². The van der Waals surface area contributed by atoms with Crippen molar-refractivity contribution in [2.45, 2.75) is 82.6 Å². The third kappa shape index (κ3) is 7.52. The van der Waals surface area contributed by atoms with Crippen LogP contribution in [0, 0.1) is 11.8 Å². The summed E-state index contributed by atoms with van der Waals surface area (Å²) >= 11 is 0. The maximum absolute atomic E-state index is 13.7. The van der Waals surface area contributed by atoms with Crippen LogP contribution in [0.4, 0.5) is 24.5 Å². The number of hydrogen-bond donors (Lipinski definition) is 3. The summed E-state index contributed by atoms with van der Waals surface area (Å²) in [6, 6.07) is 12.5. The molecule has 0 atom stereocenters. The summed E-state index contributed by atoms with van der Waals surface area (Å²) in [6.45, 7) is 3.74. The Morgan fingerprint density at radius 2 is 1.82 bits per heavy atom. The fraction of sp³-hybridized carbons (Fsp3) is 0.514. The Morgan fingerprint density at radius 3 is 2.49 bits per heavy atom. The lowest BCUT2D eigenvalue weighted by Gasteiger charge is -2.49. The summed E-state index contributed by atoms with van der Waals surface area (Å²) < 4.78 is 47.8. The first-order chi connectivity index (χ1) is 21.7. The molecule has 2 aromatic carbocycles. The van der Waals surface area contributed by atoms with Crippen LogP contribution in [-0.4, -0.2) is 66.9 Å². The molecule has 1 saturated heterocycles. The molecule has 2 fully saturated rings. The van der Waals surface area contributed by atoms with E-state index in [-0.39, 0.29) is 24.0 Å². The number of amides is 1. The number of fused-ring (bicyclic) bond motifs is 1. The lowest BCUT2D eigenvalue weighted by molar-refractivity contribution is -0.140. The Hall–Kier alpha value is -3.84. The first kappa shape index (κ1) is 32.6. The number of anilines is 2. The van der Waals surface area contributed by atoms with E-state index in [9.17, 15) is 18.0 Å². The van der Waals surface area contributed by atoms with E-state index in [1.165, 1.54) is 44.0 Å². The highest BCUT2D eigenvalue weighted by molar-refractivity contribution is 5.95. The van der Waals surface area contributed by atoms with Crippen LogP contribution in [0.2, 0.25) is 0 Å². The third-order valence-corrected chi connectivity index (χ3v) is 9.52. The first-order valence-corrected chi connectivity index (χ1v) is 16.0. The molecule has 1 aliphatic heterocycles. The van der Waals surface area contributed by atoms with E-state index in [0.29, 0.717) is 28.2 Å². The molecule has 3 N–H and O–H groups in total. The molecule has 10 heteroatoms. The number of piperidine rings is 1. The standard InChI is InChI=1S/C35H44F3N5O2/c1-4-34(42-20-6-5-7-21-42)17-15-26(16-18-34)41-29-11-8-12-31-28(29)23-27(43(31)24-35(36,37)38)10-9-19-40-30-14-13-25(33(44)39-2)22-32(30)45-3/h8,11-14,22-23,26,40-41H,4-7,15-21,24H2,1-3H3,(H,39,44). The maximum atomic E-state index is 13.7. The molecule has 0 bridgehead atoms. The number of benzene rings is 2. The highest BCUT2D eigenvalue weighted by atomic mass is 19.4. The molecule has 0 radical (unpaired) electrons. The van der Waals surface area contributed by atoms with Gasteiger partial charge in [0.1, 0.15) is 12.3 Å². The van der Waals surface area contributed by atoms with E-state index in [2.05, 4.69) is 39.6 Å². The number of alkyl halides is 3. The predicted molar refractivity (Wildman–Crippen MR) is 174 cm³/mol. The van der Waals surface area contributed by atoms with E-state index in [1.807, 2.05) is 12.1 Å². The predicted octanol–water partition coefficient (Wildman–Crippen LogP) is 7.02. The van der Waals surface area contributed by atoms with Crippen molar-refractivity contribution in [2.75, 3.05) is 44.4 Å². The smallest absolute Gasteiger partial charge is 0.406 e. The number of hydrogen-bond acceptors (Lipinski definition) is 5. The number of nitrogens with one attached hydrogen (secondary N) is 3. The molecule has 2 aliphatic rings. The number of aromatic nitrogens is 1. The third-order valence-electron chi connectivity index (χ3n) is 9.52. The lowest BCUT2D eigenvalue weighted by Crippen LogP contribution is -2.53. The molecule has 3 aromatic rings. The van der Waals surface area contributed by atoms with Gasteiger partial charge in [0.25, 0.3) is 5.91 Å². The minimum absolute atomic E-state index is 0.173. The summed E-state index contributed by atoms with van der Waals surface area (Å²) in [5.41, 5.74) is 3.01. The monoisotopic (exact) mass is 623 g/mol. The molecule has 0 unspecified atom stereocenters. The van der Waals surface area contributed by atoms with E-state index in [0.717, 1.165) is 43.2 Å². The molecule has 1 amide bonds. The topological polar surface area (TPSA) is 70.6 Å². The highest BCUT2D eigenvalue weighted by Crippen LogP contribution is 2.40. The van der Waals surface area contributed by atoms with E-state index in [4.69, 9.17) is 4.74 Å². The SMILES string of the molecule is CCC1(N2CCCCC2)CCC(Nc2cccc3c2cc(C#CCNc2ccc(C(=O)NC)cc2OC)n3CC(F)(F)F)CC1. The van der Waals surface area contributed by atoms with Crippen LogP contribution in [0.1, 0.15) is 74.3 Å². The van der Waals surface area contributed by atoms with Gasteiger partial charge in [0.05, 0.1) is 30.6 Å². The van der Waals surface area contributed by atoms with Gasteiger partial charge in [-0.2, -0.15) is 13.2 Å². The summed E-state index contributed by atoms with van der Waals surface area (Å²) in [5, 5.41) is 10.2. The van der Waals surface area contributed by atoms with Crippen molar-refractivity contribution in [1.82, 2.24) is 14.8 Å². The zero-order valence-electron chi connectivity index (χ0n) is 26.4. The van der Waals surface area contributed by atoms with E-state index in [1.54, 1.807) is 37.4 Å². The van der Waals surface area contributed by atoms with Crippen molar-refractivity contribution in [2.24, 2.45) is 0 Å². The average Bonchev–Trinajstić information content (AvgIpc) is 3.40. The highest BCUT2D eigenvalue weighted by Gasteiger charge is 2.39. The van der Waals surface area contributed by atoms with Crippen molar-refractivity contribution in [3.05, 3.63) is 53.7 Å². The van der Waals surface area contributed by atoms with Gasteiger partial charge in [-0.15, -0.1) is 0 Å². The Balaban J connectivity index is 1.33. The Bertz CT molecular complexity index is 1540. The second kappa shape index (κ2) is 14.1. The maximum Gasteiger partial charge on any atom is 0.406 e. The molecule has 1 aromatic heterocycles. The number of carbonyl (C=O) groups is 1. The van der Waals surface area contributed by atoms with Crippen LogP contribution >= 0.6 is 0 Å². The molecule has 1 saturated carbocycles. The minimum Gasteiger partial charge on any atom is -0.495 e. The molecule has 0 spiro atoms. The quantitative estimate of drug-likeness (QED) is 0.224. The molecule has 7 nitrogen and oxygen atoms in total. The fourth-order valence-electron chi connectivity index (χ4n) is 7.04. The Morgan fingerprint density at radius 1 is 1.07 bits per heavy atom. The van der Waals surface area contributed by atoms with Crippen LogP contribution in [0.3, 0.4) is 0 Å². The van der Waals surface area contributed by atoms with Crippen LogP contribution in [0.15, 0.2) is 42.5 Å². The molecule has 5 rings (SSSR count). The average molecular weight is 624 g/mol. The second-order valence-corrected chi connectivity index (χ2v) is 12.2. The van der Waals surface area contributed by atoms with Gasteiger partial charge in [-0.3, -0.25) is 9.69 Å². The normalized spacial score (nSPS) is 20.7. The number of carbonyl (C=O) groups excluding carboxylic acids is 1. The van der Waals surface area contributed by atoms with Crippen molar-refractivity contribution < 1.29 is 22.7 Å². The number of likely N-dealkylation sites (tertiary alicyclic amines) is 1. The van der Waals surface area contributed by atoms with Gasteiger partial charge in [-0.1, -0.05) is 25.3 Å². The fourth-order valence-corrected chi connectivity index (χ4v) is 7.04. The summed E-state index contributed by atoms with van der Waals surface area (Å²) in [4.78, 5) is 14.7. The molecule has 2 heterocycles. The minimum atomic E-state index is -4.40. The molecular weight excluding hydrogens is 579 g/mol. The van der Waals surface area contributed by atoms with Crippen molar-refractivity contribution >= 4 is 28.2 Å². The number of methoxy groups -OCH3 is 1. The number of ether oxygens (including phenoxy) is 1. The van der Waals surface area contributed by atoms with Gasteiger partial charge < -0.3 is 25.3 Å². The van der Waals surface area contributed by atoms with Crippen LogP contribution in [0.25, 0.3) is 10.9 Å². The van der Waals surface area contributed by atoms with Gasteiger partial charge in [0.15, 0.2) is 0 Å². The summed E-state index contributed by atoms with van der Waals surface area (Å²) in [5.74, 6) is 6.18. The number of halogens is 3. The first-order valence-electron chi connectivity index (χ1n) is 16.0. The van der Waals surface area contributed by atoms with Gasteiger partial charge in [0.2, 0.25) is 0 Å². The Labute approximate surface area is 263 Å². The van der Waals surface area contributed by atoms with Gasteiger partial charge in [-0.05, 0) is 100 Å². The van der Waals surface area contributed by atoms with Crippen molar-refractivity contribution in [1.29, 1.82) is 0 Å². The van der Waals surface area contributed by atoms with Gasteiger partial charge in [-0.25, -0.2) is 0 Å². The van der Waals surface area contributed by atoms with Crippen molar-refractivity contribution in [3.8, 4) is 17.6 Å². The zero-order chi connectivity index (χ0) is 32.0. The molecule has 1 aliphatic carbocycles. The molecule has 45 heavy (non-hydrogen) atoms. The van der Waals surface area contributed by atoms with Crippen molar-refractivity contribution in [3.63, 3.8) is 0 Å². The second-order valence-electron chi connectivity index (χ2n) is 12.2. The summed E-state index contributed by atoms with van der Waals surface area (Å²) in [7, 11) is 3.06. The molecular formula is C35H44F3N5O2. The van der Waals surface area contributed by atoms with Crippen LogP contribution < -0.4 is 20.7 Å². The number of nitrogens with zero attached hydrogens (tertiary/aromatic N) is 2. The van der Waals surface area contributed by atoms with Gasteiger partial charge >= 0.3 is 6.18 Å². The Kier molecular flexibility index (Phi) is 10.2. The van der Waals surface area contributed by atoms with E-state index < -0.39 is 12.7 Å². The van der Waals surface area contributed by atoms with Crippen LogP contribution in [-0.2, 0) is 6.54 Å². The summed E-state index contributed by atoms with van der Waals surface area (Å²) in [6.07, 6.45) is 4.98. The zero-order valence-corrected chi connectivity index (χ0v) is 26.4. The largest absolute Gasteiger partial charge is 0.495 e.